The number of carbonyl (C=O) groups excluding carboxylic acids is 2. The standard InChI is InChI=1S/C21H23Cl2FN4O2/c1-14(21(30)26-20-17(22)3-2-4-18(20)23)28-11-9-27(10-12-28)13-19(29)25-16-7-5-15(24)6-8-16/h2-8,14H,9-13H2,1H3,(H,25,29)(H,26,30)/t14-/m0/s1. The zero-order valence-electron chi connectivity index (χ0n) is 16.5. The predicted molar refractivity (Wildman–Crippen MR) is 118 cm³/mol. The number of benzene rings is 2. The van der Waals surface area contributed by atoms with E-state index in [1.54, 1.807) is 18.2 Å². The summed E-state index contributed by atoms with van der Waals surface area (Å²) in [5.74, 6) is -0.694. The molecule has 0 radical (unpaired) electrons. The fourth-order valence-electron chi connectivity index (χ4n) is 3.26. The molecule has 1 aliphatic rings. The normalized spacial score (nSPS) is 16.1. The summed E-state index contributed by atoms with van der Waals surface area (Å²) >= 11 is 12.2. The van der Waals surface area contributed by atoms with Gasteiger partial charge >= 0.3 is 0 Å². The fraction of sp³-hybridized carbons (Fsp3) is 0.333. The highest BCUT2D eigenvalue weighted by Gasteiger charge is 2.27. The predicted octanol–water partition coefficient (Wildman–Crippen LogP) is 3.72. The number of amides is 2. The van der Waals surface area contributed by atoms with Crippen LogP contribution >= 0.6 is 23.2 Å². The maximum absolute atomic E-state index is 12.9. The summed E-state index contributed by atoms with van der Waals surface area (Å²) in [5.41, 5.74) is 0.970. The number of hydrogen-bond donors (Lipinski definition) is 2. The van der Waals surface area contributed by atoms with Crippen molar-refractivity contribution in [3.8, 4) is 0 Å². The molecule has 1 heterocycles. The number of nitrogens with one attached hydrogen (secondary N) is 2. The first-order valence-corrected chi connectivity index (χ1v) is 10.4. The SMILES string of the molecule is C[C@@H](C(=O)Nc1c(Cl)cccc1Cl)N1CCN(CC(=O)Nc2ccc(F)cc2)CC1. The van der Waals surface area contributed by atoms with Gasteiger partial charge in [0.1, 0.15) is 5.82 Å². The van der Waals surface area contributed by atoms with E-state index >= 15 is 0 Å². The second-order valence-corrected chi connectivity index (χ2v) is 7.94. The molecule has 160 valence electrons. The minimum Gasteiger partial charge on any atom is -0.325 e. The molecular weight excluding hydrogens is 430 g/mol. The lowest BCUT2D eigenvalue weighted by Gasteiger charge is -2.37. The summed E-state index contributed by atoms with van der Waals surface area (Å²) in [7, 11) is 0. The van der Waals surface area contributed by atoms with Crippen LogP contribution in [0.15, 0.2) is 42.5 Å². The van der Waals surface area contributed by atoms with Gasteiger partial charge in [0.15, 0.2) is 0 Å². The second kappa shape index (κ2) is 10.2. The van der Waals surface area contributed by atoms with Gasteiger partial charge in [0.2, 0.25) is 11.8 Å². The number of anilines is 2. The van der Waals surface area contributed by atoms with Gasteiger partial charge in [-0.2, -0.15) is 0 Å². The third-order valence-corrected chi connectivity index (χ3v) is 5.67. The van der Waals surface area contributed by atoms with Crippen molar-refractivity contribution in [3.05, 3.63) is 58.3 Å². The molecule has 0 unspecified atom stereocenters. The van der Waals surface area contributed by atoms with E-state index in [1.165, 1.54) is 24.3 Å². The molecular formula is C21H23Cl2FN4O2. The van der Waals surface area contributed by atoms with Crippen molar-refractivity contribution < 1.29 is 14.0 Å². The first-order valence-electron chi connectivity index (χ1n) is 9.60. The van der Waals surface area contributed by atoms with Crippen LogP contribution in [-0.4, -0.2) is 60.4 Å². The number of halogens is 3. The van der Waals surface area contributed by atoms with Crippen LogP contribution in [0.4, 0.5) is 15.8 Å². The molecule has 30 heavy (non-hydrogen) atoms. The van der Waals surface area contributed by atoms with Gasteiger partial charge in [0, 0.05) is 31.9 Å². The van der Waals surface area contributed by atoms with E-state index in [0.29, 0.717) is 47.6 Å². The molecule has 0 spiro atoms. The maximum Gasteiger partial charge on any atom is 0.241 e. The van der Waals surface area contributed by atoms with Gasteiger partial charge in [-0.25, -0.2) is 4.39 Å². The molecule has 0 saturated carbocycles. The largest absolute Gasteiger partial charge is 0.325 e. The third kappa shape index (κ3) is 5.92. The Morgan fingerprint density at radius 3 is 2.20 bits per heavy atom. The summed E-state index contributed by atoms with van der Waals surface area (Å²) in [6.07, 6.45) is 0. The Morgan fingerprint density at radius 1 is 1.00 bits per heavy atom. The number of rotatable bonds is 6. The molecule has 3 rings (SSSR count). The quantitative estimate of drug-likeness (QED) is 0.700. The topological polar surface area (TPSA) is 64.7 Å². The Bertz CT molecular complexity index is 882. The van der Waals surface area contributed by atoms with Gasteiger partial charge < -0.3 is 10.6 Å². The van der Waals surface area contributed by atoms with Crippen molar-refractivity contribution in [2.45, 2.75) is 13.0 Å². The zero-order chi connectivity index (χ0) is 21.7. The van der Waals surface area contributed by atoms with E-state index in [0.717, 1.165) is 0 Å². The lowest BCUT2D eigenvalue weighted by Crippen LogP contribution is -2.53. The van der Waals surface area contributed by atoms with Crippen molar-refractivity contribution >= 4 is 46.4 Å². The fourth-order valence-corrected chi connectivity index (χ4v) is 3.75. The van der Waals surface area contributed by atoms with Gasteiger partial charge in [-0.05, 0) is 43.3 Å². The number of piperazine rings is 1. The average molecular weight is 453 g/mol. The molecule has 0 aromatic heterocycles. The Kier molecular flexibility index (Phi) is 7.66. The molecule has 0 aliphatic carbocycles. The van der Waals surface area contributed by atoms with E-state index < -0.39 is 0 Å². The van der Waals surface area contributed by atoms with Gasteiger partial charge in [-0.1, -0.05) is 29.3 Å². The van der Waals surface area contributed by atoms with Crippen LogP contribution in [0.1, 0.15) is 6.92 Å². The van der Waals surface area contributed by atoms with Crippen LogP contribution < -0.4 is 10.6 Å². The molecule has 1 saturated heterocycles. The van der Waals surface area contributed by atoms with Gasteiger partial charge in [-0.15, -0.1) is 0 Å². The van der Waals surface area contributed by atoms with Crippen LogP contribution in [0.3, 0.4) is 0 Å². The molecule has 9 heteroatoms. The Balaban J connectivity index is 1.46. The Labute approximate surface area is 184 Å². The molecule has 2 aromatic carbocycles. The van der Waals surface area contributed by atoms with E-state index in [-0.39, 0.29) is 30.2 Å². The highest BCUT2D eigenvalue weighted by Crippen LogP contribution is 2.30. The van der Waals surface area contributed by atoms with Crippen LogP contribution in [-0.2, 0) is 9.59 Å². The van der Waals surface area contributed by atoms with Crippen LogP contribution in [0.25, 0.3) is 0 Å². The highest BCUT2D eigenvalue weighted by molar-refractivity contribution is 6.39. The molecule has 1 aliphatic heterocycles. The first-order chi connectivity index (χ1) is 14.3. The highest BCUT2D eigenvalue weighted by atomic mass is 35.5. The monoisotopic (exact) mass is 452 g/mol. The summed E-state index contributed by atoms with van der Waals surface area (Å²) in [4.78, 5) is 28.9. The third-order valence-electron chi connectivity index (χ3n) is 5.04. The van der Waals surface area contributed by atoms with Crippen molar-refractivity contribution in [3.63, 3.8) is 0 Å². The molecule has 1 fully saturated rings. The first kappa shape index (κ1) is 22.5. The minimum absolute atomic E-state index is 0.158. The molecule has 2 amide bonds. The van der Waals surface area contributed by atoms with Crippen molar-refractivity contribution in [2.24, 2.45) is 0 Å². The zero-order valence-corrected chi connectivity index (χ0v) is 18.0. The van der Waals surface area contributed by atoms with E-state index in [1.807, 2.05) is 11.8 Å². The minimum atomic E-state index is -0.368. The van der Waals surface area contributed by atoms with Crippen molar-refractivity contribution in [2.75, 3.05) is 43.4 Å². The number of hydrogen-bond acceptors (Lipinski definition) is 4. The lowest BCUT2D eigenvalue weighted by atomic mass is 10.2. The number of carbonyl (C=O) groups is 2. The second-order valence-electron chi connectivity index (χ2n) is 7.13. The summed E-state index contributed by atoms with van der Waals surface area (Å²) in [6, 6.07) is 10.3. The van der Waals surface area contributed by atoms with E-state index in [4.69, 9.17) is 23.2 Å². The van der Waals surface area contributed by atoms with Gasteiger partial charge in [0.25, 0.3) is 0 Å². The summed E-state index contributed by atoms with van der Waals surface area (Å²) < 4.78 is 12.9. The molecule has 0 bridgehead atoms. The van der Waals surface area contributed by atoms with Gasteiger partial charge in [-0.3, -0.25) is 19.4 Å². The molecule has 2 N–H and O–H groups in total. The smallest absolute Gasteiger partial charge is 0.241 e. The van der Waals surface area contributed by atoms with Crippen molar-refractivity contribution in [1.82, 2.24) is 9.80 Å². The van der Waals surface area contributed by atoms with Crippen LogP contribution in [0.2, 0.25) is 10.0 Å². The Hall–Kier alpha value is -2.19. The average Bonchev–Trinajstić information content (AvgIpc) is 2.72. The molecule has 1 atom stereocenters. The van der Waals surface area contributed by atoms with E-state index in [2.05, 4.69) is 15.5 Å². The summed E-state index contributed by atoms with van der Waals surface area (Å²) in [6.45, 7) is 4.67. The van der Waals surface area contributed by atoms with E-state index in [9.17, 15) is 14.0 Å². The van der Waals surface area contributed by atoms with Gasteiger partial charge in [0.05, 0.1) is 28.3 Å². The van der Waals surface area contributed by atoms with Crippen LogP contribution in [0.5, 0.6) is 0 Å². The van der Waals surface area contributed by atoms with Crippen LogP contribution in [0, 0.1) is 5.82 Å². The lowest BCUT2D eigenvalue weighted by molar-refractivity contribution is -0.122. The number of nitrogens with zero attached hydrogens (tertiary/aromatic N) is 2. The maximum atomic E-state index is 12.9. The van der Waals surface area contributed by atoms with Crippen molar-refractivity contribution in [1.29, 1.82) is 0 Å². The Morgan fingerprint density at radius 2 is 1.60 bits per heavy atom. The molecule has 2 aromatic rings. The number of para-hydroxylation sites is 1. The molecule has 6 nitrogen and oxygen atoms in total. The summed E-state index contributed by atoms with van der Waals surface area (Å²) in [5, 5.41) is 6.34.